The third-order valence-corrected chi connectivity index (χ3v) is 2.50. The average molecular weight is 194 g/mol. The van der Waals surface area contributed by atoms with Crippen LogP contribution in [0.5, 0.6) is 0 Å². The lowest BCUT2D eigenvalue weighted by molar-refractivity contribution is -0.118. The maximum absolute atomic E-state index is 10.9. The molecular weight excluding hydrogens is 180 g/mol. The Morgan fingerprint density at radius 1 is 1.50 bits per heavy atom. The molecule has 4 heteroatoms. The number of nitrogens with one attached hydrogen (secondary N) is 1. The number of hydrogen-bond donors (Lipinski definition) is 2. The van der Waals surface area contributed by atoms with E-state index in [1.807, 2.05) is 6.08 Å². The van der Waals surface area contributed by atoms with E-state index in [0.29, 0.717) is 12.8 Å². The molecule has 2 N–H and O–H groups in total. The second kappa shape index (κ2) is 3.20. The maximum atomic E-state index is 10.9. The average Bonchev–Trinajstić information content (AvgIpc) is 2.59. The molecule has 2 rings (SSSR count). The third-order valence-electron chi connectivity index (χ3n) is 2.50. The number of carbonyl (C=O) groups is 1. The van der Waals surface area contributed by atoms with Gasteiger partial charge in [0.05, 0.1) is 0 Å². The summed E-state index contributed by atoms with van der Waals surface area (Å²) in [4.78, 5) is 15.1. The molecule has 2 aliphatic heterocycles. The van der Waals surface area contributed by atoms with E-state index in [4.69, 9.17) is 0 Å². The molecule has 1 atom stereocenters. The summed E-state index contributed by atoms with van der Waals surface area (Å²) in [7, 11) is 0. The Bertz CT molecular complexity index is 329. The summed E-state index contributed by atoms with van der Waals surface area (Å²) in [5.41, 5.74) is 0.897. The molecule has 1 unspecified atom stereocenters. The number of nitrogens with zero attached hydrogens (tertiary/aromatic N) is 1. The van der Waals surface area contributed by atoms with E-state index in [9.17, 15) is 9.90 Å². The monoisotopic (exact) mass is 194 g/mol. The fraction of sp³-hybridized carbons (Fsp3) is 0.600. The van der Waals surface area contributed by atoms with E-state index in [-0.39, 0.29) is 5.91 Å². The normalized spacial score (nSPS) is 34.9. The van der Waals surface area contributed by atoms with E-state index in [0.717, 1.165) is 24.3 Å². The van der Waals surface area contributed by atoms with Crippen LogP contribution < -0.4 is 5.32 Å². The number of carbonyl (C=O) groups excluding carboxylic acids is 1. The van der Waals surface area contributed by atoms with Crippen molar-refractivity contribution in [1.29, 1.82) is 0 Å². The topological polar surface area (TPSA) is 61.7 Å². The standard InChI is InChI=1S/C10H14N2O2/c1-10(14)5-4-8(12-10)6-7-2-3-9(13)11-7/h6,14H,2-5H2,1H3,(H,11,13)/b7-6-. The van der Waals surface area contributed by atoms with Crippen LogP contribution in [-0.4, -0.2) is 22.5 Å². The first-order valence-corrected chi connectivity index (χ1v) is 4.87. The second-order valence-corrected chi connectivity index (χ2v) is 4.04. The molecule has 1 amide bonds. The van der Waals surface area contributed by atoms with Crippen molar-refractivity contribution in [3.63, 3.8) is 0 Å². The summed E-state index contributed by atoms with van der Waals surface area (Å²) < 4.78 is 0. The first kappa shape index (κ1) is 9.40. The van der Waals surface area contributed by atoms with Gasteiger partial charge in [-0.2, -0.15) is 0 Å². The smallest absolute Gasteiger partial charge is 0.224 e. The van der Waals surface area contributed by atoms with E-state index in [1.165, 1.54) is 0 Å². The Morgan fingerprint density at radius 3 is 2.79 bits per heavy atom. The number of hydrogen-bond acceptors (Lipinski definition) is 3. The van der Waals surface area contributed by atoms with Crippen molar-refractivity contribution in [3.8, 4) is 0 Å². The third kappa shape index (κ3) is 2.01. The van der Waals surface area contributed by atoms with Gasteiger partial charge in [-0.05, 0) is 25.8 Å². The summed E-state index contributed by atoms with van der Waals surface area (Å²) in [5, 5.41) is 12.4. The quantitative estimate of drug-likeness (QED) is 0.646. The highest BCUT2D eigenvalue weighted by atomic mass is 16.3. The molecule has 0 saturated carbocycles. The van der Waals surface area contributed by atoms with Crippen LogP contribution in [0.3, 0.4) is 0 Å². The summed E-state index contributed by atoms with van der Waals surface area (Å²) in [6.45, 7) is 1.70. The van der Waals surface area contributed by atoms with Gasteiger partial charge in [0.2, 0.25) is 5.91 Å². The van der Waals surface area contributed by atoms with Crippen LogP contribution in [0.2, 0.25) is 0 Å². The molecular formula is C10H14N2O2. The Kier molecular flexibility index (Phi) is 2.15. The Hall–Kier alpha value is -1.16. The Balaban J connectivity index is 2.08. The van der Waals surface area contributed by atoms with E-state index < -0.39 is 5.72 Å². The highest BCUT2D eigenvalue weighted by Gasteiger charge is 2.26. The van der Waals surface area contributed by atoms with Gasteiger partial charge in [0.25, 0.3) is 0 Å². The number of aliphatic imine (C=N–C) groups is 1. The number of aliphatic hydroxyl groups is 1. The fourth-order valence-corrected chi connectivity index (χ4v) is 1.75. The van der Waals surface area contributed by atoms with Crippen LogP contribution in [0.25, 0.3) is 0 Å². The van der Waals surface area contributed by atoms with Gasteiger partial charge in [0.1, 0.15) is 0 Å². The minimum absolute atomic E-state index is 0.0709. The molecule has 0 aromatic carbocycles. The molecule has 0 spiro atoms. The molecule has 0 radical (unpaired) electrons. The lowest BCUT2D eigenvalue weighted by Crippen LogP contribution is -2.15. The van der Waals surface area contributed by atoms with E-state index in [1.54, 1.807) is 6.92 Å². The molecule has 14 heavy (non-hydrogen) atoms. The van der Waals surface area contributed by atoms with Gasteiger partial charge in [-0.25, -0.2) is 0 Å². The van der Waals surface area contributed by atoms with Crippen molar-refractivity contribution in [3.05, 3.63) is 11.8 Å². The minimum atomic E-state index is -0.908. The maximum Gasteiger partial charge on any atom is 0.224 e. The zero-order chi connectivity index (χ0) is 10.2. The van der Waals surface area contributed by atoms with Crippen molar-refractivity contribution in [2.24, 2.45) is 4.99 Å². The second-order valence-electron chi connectivity index (χ2n) is 4.04. The molecule has 1 fully saturated rings. The highest BCUT2D eigenvalue weighted by molar-refractivity contribution is 5.98. The van der Waals surface area contributed by atoms with Crippen LogP contribution in [0.4, 0.5) is 0 Å². The molecule has 0 bridgehead atoms. The molecule has 2 aliphatic rings. The van der Waals surface area contributed by atoms with Crippen LogP contribution in [-0.2, 0) is 4.79 Å². The summed E-state index contributed by atoms with van der Waals surface area (Å²) >= 11 is 0. The Labute approximate surface area is 82.7 Å². The molecule has 1 saturated heterocycles. The van der Waals surface area contributed by atoms with Gasteiger partial charge in [-0.3, -0.25) is 9.79 Å². The van der Waals surface area contributed by atoms with Gasteiger partial charge in [-0.15, -0.1) is 0 Å². The lowest BCUT2D eigenvalue weighted by Gasteiger charge is -2.09. The lowest BCUT2D eigenvalue weighted by atomic mass is 10.1. The van der Waals surface area contributed by atoms with Crippen LogP contribution in [0, 0.1) is 0 Å². The predicted octanol–water partition coefficient (Wildman–Crippen LogP) is 0.724. The fourth-order valence-electron chi connectivity index (χ4n) is 1.75. The first-order chi connectivity index (χ1) is 6.55. The summed E-state index contributed by atoms with van der Waals surface area (Å²) in [6.07, 6.45) is 4.66. The van der Waals surface area contributed by atoms with Crippen molar-refractivity contribution < 1.29 is 9.90 Å². The Morgan fingerprint density at radius 2 is 2.29 bits per heavy atom. The number of allylic oxidation sites excluding steroid dienone is 2. The minimum Gasteiger partial charge on any atom is -0.369 e. The zero-order valence-corrected chi connectivity index (χ0v) is 8.21. The van der Waals surface area contributed by atoms with Gasteiger partial charge >= 0.3 is 0 Å². The van der Waals surface area contributed by atoms with Crippen molar-refractivity contribution in [1.82, 2.24) is 5.32 Å². The highest BCUT2D eigenvalue weighted by Crippen LogP contribution is 2.23. The van der Waals surface area contributed by atoms with Gasteiger partial charge < -0.3 is 10.4 Å². The number of amides is 1. The van der Waals surface area contributed by atoms with Gasteiger partial charge in [0, 0.05) is 24.3 Å². The first-order valence-electron chi connectivity index (χ1n) is 4.87. The van der Waals surface area contributed by atoms with Gasteiger partial charge in [-0.1, -0.05) is 0 Å². The molecule has 76 valence electrons. The SMILES string of the molecule is CC1(O)CCC(/C=C2/CCC(=O)N2)=N1. The molecule has 2 heterocycles. The molecule has 0 aromatic heterocycles. The van der Waals surface area contributed by atoms with Gasteiger partial charge in [0.15, 0.2) is 5.72 Å². The number of rotatable bonds is 1. The van der Waals surface area contributed by atoms with E-state index >= 15 is 0 Å². The zero-order valence-electron chi connectivity index (χ0n) is 8.21. The molecule has 0 aliphatic carbocycles. The van der Waals surface area contributed by atoms with Crippen molar-refractivity contribution >= 4 is 11.6 Å². The molecule has 0 aromatic rings. The van der Waals surface area contributed by atoms with Crippen LogP contribution >= 0.6 is 0 Å². The van der Waals surface area contributed by atoms with E-state index in [2.05, 4.69) is 10.3 Å². The van der Waals surface area contributed by atoms with Crippen LogP contribution in [0.1, 0.15) is 32.6 Å². The van der Waals surface area contributed by atoms with Crippen molar-refractivity contribution in [2.45, 2.75) is 38.3 Å². The summed E-state index contributed by atoms with van der Waals surface area (Å²) in [5.74, 6) is 0.0709. The predicted molar refractivity (Wildman–Crippen MR) is 52.8 cm³/mol. The van der Waals surface area contributed by atoms with Crippen LogP contribution in [0.15, 0.2) is 16.8 Å². The summed E-state index contributed by atoms with van der Waals surface area (Å²) in [6, 6.07) is 0. The molecule has 4 nitrogen and oxygen atoms in total. The van der Waals surface area contributed by atoms with Crippen molar-refractivity contribution in [2.75, 3.05) is 0 Å². The largest absolute Gasteiger partial charge is 0.369 e.